The molecule has 1 aliphatic heterocycles. The second-order valence-electron chi connectivity index (χ2n) is 6.89. The van der Waals surface area contributed by atoms with Gasteiger partial charge >= 0.3 is 0 Å². The van der Waals surface area contributed by atoms with Gasteiger partial charge in [0.25, 0.3) is 0 Å². The van der Waals surface area contributed by atoms with Crippen LogP contribution in [0, 0.1) is 5.92 Å². The zero-order valence-electron chi connectivity index (χ0n) is 14.2. The molecular weight excluding hydrogens is 286 g/mol. The molecule has 0 saturated carbocycles. The number of nitrogens with zero attached hydrogens (tertiary/aromatic N) is 2. The lowest BCUT2D eigenvalue weighted by Gasteiger charge is -2.31. The van der Waals surface area contributed by atoms with Crippen molar-refractivity contribution < 1.29 is 5.11 Å². The van der Waals surface area contributed by atoms with Gasteiger partial charge in [0.15, 0.2) is 0 Å². The maximum Gasteiger partial charge on any atom is 0.143 e. The van der Waals surface area contributed by atoms with Crippen molar-refractivity contribution in [1.29, 1.82) is 0 Å². The number of para-hydroxylation sites is 1. The molecule has 2 heterocycles. The molecule has 0 amide bonds. The minimum atomic E-state index is 0.263. The van der Waals surface area contributed by atoms with Crippen LogP contribution in [0.2, 0.25) is 0 Å². The van der Waals surface area contributed by atoms with Gasteiger partial charge in [-0.15, -0.1) is 0 Å². The van der Waals surface area contributed by atoms with Crippen LogP contribution in [0.25, 0.3) is 11.0 Å². The molecule has 1 aromatic carbocycles. The number of fused-ring (bicyclic) bond motifs is 1. The zero-order chi connectivity index (χ0) is 16.1. The van der Waals surface area contributed by atoms with Gasteiger partial charge < -0.3 is 15.0 Å². The highest BCUT2D eigenvalue weighted by atomic mass is 16.3. The predicted molar refractivity (Wildman–Crippen MR) is 94.8 cm³/mol. The number of aromatic hydroxyl groups is 1. The Morgan fingerprint density at radius 1 is 1.26 bits per heavy atom. The molecule has 4 heteroatoms. The van der Waals surface area contributed by atoms with Gasteiger partial charge in [-0.05, 0) is 56.9 Å². The molecule has 0 aliphatic carbocycles. The summed E-state index contributed by atoms with van der Waals surface area (Å²) in [6.45, 7) is 5.96. The van der Waals surface area contributed by atoms with E-state index in [1.807, 2.05) is 12.1 Å². The lowest BCUT2D eigenvalue weighted by Crippen LogP contribution is -2.34. The number of nitrogens with one attached hydrogen (secondary N) is 1. The van der Waals surface area contributed by atoms with Crippen LogP contribution in [0.3, 0.4) is 0 Å². The molecule has 0 bridgehead atoms. The van der Waals surface area contributed by atoms with Crippen molar-refractivity contribution in [3.05, 3.63) is 24.0 Å². The van der Waals surface area contributed by atoms with E-state index in [1.165, 1.54) is 45.2 Å². The van der Waals surface area contributed by atoms with Crippen LogP contribution in [0.15, 0.2) is 18.2 Å². The van der Waals surface area contributed by atoms with Gasteiger partial charge in [-0.25, -0.2) is 4.98 Å². The molecular formula is C19H29N3O. The highest BCUT2D eigenvalue weighted by Crippen LogP contribution is 2.24. The Kier molecular flexibility index (Phi) is 5.55. The third kappa shape index (κ3) is 4.25. The Bertz CT molecular complexity index is 614. The molecule has 2 N–H and O–H groups in total. The van der Waals surface area contributed by atoms with Gasteiger partial charge in [-0.2, -0.15) is 0 Å². The molecule has 0 radical (unpaired) electrons. The lowest BCUT2D eigenvalue weighted by atomic mass is 9.91. The summed E-state index contributed by atoms with van der Waals surface area (Å²) >= 11 is 0. The maximum absolute atomic E-state index is 9.81. The van der Waals surface area contributed by atoms with E-state index >= 15 is 0 Å². The number of hydrogen-bond donors (Lipinski definition) is 2. The number of phenolic OH excluding ortho intramolecular Hbond substituents is 1. The largest absolute Gasteiger partial charge is 0.506 e. The van der Waals surface area contributed by atoms with Crippen LogP contribution in [-0.4, -0.2) is 39.6 Å². The minimum absolute atomic E-state index is 0.263. The number of rotatable bonds is 7. The topological polar surface area (TPSA) is 52.1 Å². The second-order valence-corrected chi connectivity index (χ2v) is 6.89. The van der Waals surface area contributed by atoms with Crippen molar-refractivity contribution in [2.45, 2.75) is 51.9 Å². The third-order valence-electron chi connectivity index (χ3n) is 5.10. The lowest BCUT2D eigenvalue weighted by molar-refractivity contribution is 0.176. The fraction of sp³-hybridized carbons (Fsp3) is 0.632. The number of aromatic nitrogens is 2. The number of unbranched alkanes of at least 4 members (excludes halogenated alkanes) is 1. The number of aromatic amines is 1. The summed E-state index contributed by atoms with van der Waals surface area (Å²) < 4.78 is 0. The Hall–Kier alpha value is -1.55. The average molecular weight is 315 g/mol. The molecule has 3 rings (SSSR count). The van der Waals surface area contributed by atoms with Crippen molar-refractivity contribution >= 4 is 11.0 Å². The van der Waals surface area contributed by atoms with Crippen LogP contribution in [0.4, 0.5) is 0 Å². The third-order valence-corrected chi connectivity index (χ3v) is 5.10. The Morgan fingerprint density at radius 3 is 2.83 bits per heavy atom. The normalized spacial score (nSPS) is 17.1. The number of aryl methyl sites for hydroxylation is 1. The first-order valence-electron chi connectivity index (χ1n) is 9.15. The van der Waals surface area contributed by atoms with E-state index in [2.05, 4.69) is 21.8 Å². The van der Waals surface area contributed by atoms with E-state index in [9.17, 15) is 5.11 Å². The quantitative estimate of drug-likeness (QED) is 0.808. The van der Waals surface area contributed by atoms with Crippen LogP contribution >= 0.6 is 0 Å². The van der Waals surface area contributed by atoms with Crippen LogP contribution in [0.1, 0.15) is 51.3 Å². The monoisotopic (exact) mass is 315 g/mol. The van der Waals surface area contributed by atoms with Gasteiger partial charge in [0, 0.05) is 6.42 Å². The summed E-state index contributed by atoms with van der Waals surface area (Å²) in [7, 11) is 0. The first-order valence-corrected chi connectivity index (χ1v) is 9.15. The molecule has 4 nitrogen and oxygen atoms in total. The number of benzene rings is 1. The fourth-order valence-corrected chi connectivity index (χ4v) is 3.65. The van der Waals surface area contributed by atoms with Crippen LogP contribution < -0.4 is 0 Å². The second kappa shape index (κ2) is 7.82. The summed E-state index contributed by atoms with van der Waals surface area (Å²) in [5.74, 6) is 2.21. The number of likely N-dealkylation sites (tertiary alicyclic amines) is 1. The van der Waals surface area contributed by atoms with Gasteiger partial charge in [-0.1, -0.05) is 32.3 Å². The number of phenols is 1. The van der Waals surface area contributed by atoms with Crippen molar-refractivity contribution in [3.8, 4) is 5.75 Å². The van der Waals surface area contributed by atoms with E-state index in [1.54, 1.807) is 6.07 Å². The smallest absolute Gasteiger partial charge is 0.143 e. The molecule has 23 heavy (non-hydrogen) atoms. The Labute approximate surface area is 138 Å². The molecule has 2 aromatic rings. The fourth-order valence-electron chi connectivity index (χ4n) is 3.65. The van der Waals surface area contributed by atoms with E-state index in [0.717, 1.165) is 36.6 Å². The minimum Gasteiger partial charge on any atom is -0.506 e. The van der Waals surface area contributed by atoms with Gasteiger partial charge in [0.05, 0.1) is 5.52 Å². The zero-order valence-corrected chi connectivity index (χ0v) is 14.2. The van der Waals surface area contributed by atoms with Crippen molar-refractivity contribution in [2.24, 2.45) is 5.92 Å². The van der Waals surface area contributed by atoms with Crippen LogP contribution in [-0.2, 0) is 6.42 Å². The first kappa shape index (κ1) is 16.3. The highest BCUT2D eigenvalue weighted by Gasteiger charge is 2.18. The van der Waals surface area contributed by atoms with Crippen LogP contribution in [0.5, 0.6) is 5.75 Å². The predicted octanol–water partition coefficient (Wildman–Crippen LogP) is 4.10. The van der Waals surface area contributed by atoms with Gasteiger partial charge in [0.2, 0.25) is 0 Å². The molecule has 1 fully saturated rings. The van der Waals surface area contributed by atoms with Crippen molar-refractivity contribution in [3.63, 3.8) is 0 Å². The molecule has 1 aromatic heterocycles. The molecule has 126 valence electrons. The number of hydrogen-bond acceptors (Lipinski definition) is 3. The molecule has 0 atom stereocenters. The standard InChI is InChI=1S/C19H29N3O/c1-2-3-6-15-10-13-22(14-11-15)12-5-9-18-20-16-7-4-8-17(23)19(16)21-18/h4,7-8,15,23H,2-3,5-6,9-14H2,1H3,(H,20,21). The Morgan fingerprint density at radius 2 is 2.09 bits per heavy atom. The SMILES string of the molecule is CCCCC1CCN(CCCc2nc3c(O)cccc3[nH]2)CC1. The molecule has 1 saturated heterocycles. The molecule has 0 spiro atoms. The van der Waals surface area contributed by atoms with Crippen molar-refractivity contribution in [1.82, 2.24) is 14.9 Å². The number of imidazole rings is 1. The van der Waals surface area contributed by atoms with E-state index in [0.29, 0.717) is 5.52 Å². The van der Waals surface area contributed by atoms with Gasteiger partial charge in [-0.3, -0.25) is 0 Å². The molecule has 0 unspecified atom stereocenters. The molecule has 1 aliphatic rings. The van der Waals surface area contributed by atoms with Crippen molar-refractivity contribution in [2.75, 3.05) is 19.6 Å². The summed E-state index contributed by atoms with van der Waals surface area (Å²) in [6.07, 6.45) is 8.96. The number of H-pyrrole nitrogens is 1. The summed E-state index contributed by atoms with van der Waals surface area (Å²) in [4.78, 5) is 10.4. The highest BCUT2D eigenvalue weighted by molar-refractivity contribution is 5.81. The maximum atomic E-state index is 9.81. The van der Waals surface area contributed by atoms with E-state index < -0.39 is 0 Å². The number of piperidine rings is 1. The summed E-state index contributed by atoms with van der Waals surface area (Å²) in [5, 5.41) is 9.81. The summed E-state index contributed by atoms with van der Waals surface area (Å²) in [5.41, 5.74) is 1.62. The van der Waals surface area contributed by atoms with E-state index in [4.69, 9.17) is 0 Å². The first-order chi connectivity index (χ1) is 11.3. The van der Waals surface area contributed by atoms with Gasteiger partial charge in [0.1, 0.15) is 17.1 Å². The Balaban J connectivity index is 1.42. The van der Waals surface area contributed by atoms with E-state index in [-0.39, 0.29) is 5.75 Å². The average Bonchev–Trinajstić information content (AvgIpc) is 2.98. The summed E-state index contributed by atoms with van der Waals surface area (Å²) in [6, 6.07) is 5.50.